The van der Waals surface area contributed by atoms with Crippen LogP contribution in [0.4, 0.5) is 13.2 Å². The highest BCUT2D eigenvalue weighted by atomic mass is 35.5. The zero-order chi connectivity index (χ0) is 27.2. The third-order valence-electron chi connectivity index (χ3n) is 6.44. The van der Waals surface area contributed by atoms with Gasteiger partial charge in [-0.2, -0.15) is 13.2 Å². The van der Waals surface area contributed by atoms with Gasteiger partial charge >= 0.3 is 6.18 Å². The molecular weight excluding hydrogens is 558 g/mol. The van der Waals surface area contributed by atoms with Gasteiger partial charge in [-0.15, -0.1) is 0 Å². The molecular formula is C29H17Cl3F3NO2. The summed E-state index contributed by atoms with van der Waals surface area (Å²) < 4.78 is 42.1. The van der Waals surface area contributed by atoms with Crippen molar-refractivity contribution in [3.8, 4) is 0 Å². The summed E-state index contributed by atoms with van der Waals surface area (Å²) in [5.41, 5.74) is 1.78. The van der Waals surface area contributed by atoms with E-state index in [2.05, 4.69) is 0 Å². The molecule has 3 nitrogen and oxygen atoms in total. The summed E-state index contributed by atoms with van der Waals surface area (Å²) in [5.74, 6) is -2.74. The van der Waals surface area contributed by atoms with E-state index in [4.69, 9.17) is 34.8 Å². The van der Waals surface area contributed by atoms with Gasteiger partial charge in [0, 0.05) is 0 Å². The Hall–Kier alpha value is -3.32. The first-order valence-corrected chi connectivity index (χ1v) is 12.5. The van der Waals surface area contributed by atoms with Crippen molar-refractivity contribution in [1.82, 2.24) is 4.90 Å². The molecule has 4 aromatic rings. The third kappa shape index (κ3) is 4.80. The lowest BCUT2D eigenvalue weighted by Crippen LogP contribution is -2.29. The molecule has 0 aromatic heterocycles. The van der Waals surface area contributed by atoms with Gasteiger partial charge in [-0.3, -0.25) is 14.5 Å². The van der Waals surface area contributed by atoms with Crippen molar-refractivity contribution in [2.75, 3.05) is 0 Å². The van der Waals surface area contributed by atoms with Crippen LogP contribution in [-0.2, 0) is 6.54 Å². The molecule has 5 rings (SSSR count). The molecule has 9 heteroatoms. The topological polar surface area (TPSA) is 37.4 Å². The number of allylic oxidation sites excluding steroid dienone is 1. The van der Waals surface area contributed by atoms with Crippen LogP contribution < -0.4 is 0 Å². The van der Waals surface area contributed by atoms with Crippen molar-refractivity contribution in [3.05, 3.63) is 122 Å². The second-order valence-corrected chi connectivity index (χ2v) is 9.97. The smallest absolute Gasteiger partial charge is 0.270 e. The van der Waals surface area contributed by atoms with E-state index in [1.54, 1.807) is 60.7 Å². The molecule has 0 bridgehead atoms. The Balaban J connectivity index is 1.51. The molecule has 0 radical (unpaired) electrons. The molecule has 1 aliphatic rings. The summed E-state index contributed by atoms with van der Waals surface area (Å²) in [6, 6.07) is 19.5. The molecule has 0 fully saturated rings. The monoisotopic (exact) mass is 573 g/mol. The number of rotatable bonds is 5. The van der Waals surface area contributed by atoms with Gasteiger partial charge in [-0.05, 0) is 51.7 Å². The predicted octanol–water partition coefficient (Wildman–Crippen LogP) is 8.96. The number of hydrogen-bond acceptors (Lipinski definition) is 2. The van der Waals surface area contributed by atoms with Crippen LogP contribution in [0.2, 0.25) is 15.1 Å². The van der Waals surface area contributed by atoms with Crippen LogP contribution in [0.15, 0.2) is 78.9 Å². The van der Waals surface area contributed by atoms with Crippen molar-refractivity contribution in [1.29, 1.82) is 0 Å². The number of carbonyl (C=O) groups is 2. The third-order valence-corrected chi connectivity index (χ3v) is 7.64. The zero-order valence-electron chi connectivity index (χ0n) is 19.4. The van der Waals surface area contributed by atoms with E-state index < -0.39 is 12.1 Å². The Kier molecular flexibility index (Phi) is 6.99. The molecule has 0 spiro atoms. The van der Waals surface area contributed by atoms with Crippen LogP contribution >= 0.6 is 34.8 Å². The largest absolute Gasteiger partial charge is 0.399 e. The van der Waals surface area contributed by atoms with E-state index >= 15 is 0 Å². The highest BCUT2D eigenvalue weighted by Gasteiger charge is 2.39. The predicted molar refractivity (Wildman–Crippen MR) is 144 cm³/mol. The molecule has 0 saturated heterocycles. The molecule has 1 heterocycles. The van der Waals surface area contributed by atoms with E-state index in [-0.39, 0.29) is 39.0 Å². The fraction of sp³-hybridized carbons (Fsp3) is 0.103. The van der Waals surface area contributed by atoms with Crippen molar-refractivity contribution in [2.24, 2.45) is 0 Å². The maximum Gasteiger partial charge on any atom is 0.399 e. The van der Waals surface area contributed by atoms with Gasteiger partial charge in [0.25, 0.3) is 11.8 Å². The Bertz CT molecular complexity index is 1570. The van der Waals surface area contributed by atoms with E-state index in [9.17, 15) is 22.8 Å². The van der Waals surface area contributed by atoms with Crippen molar-refractivity contribution >= 4 is 63.5 Å². The summed E-state index contributed by atoms with van der Waals surface area (Å²) in [6.07, 6.45) is -2.18. The van der Waals surface area contributed by atoms with Gasteiger partial charge < -0.3 is 0 Å². The summed E-state index contributed by atoms with van der Waals surface area (Å²) in [6.45, 7) is 0.0316. The molecule has 2 amide bonds. The SMILES string of the molecule is O=C1c2ccccc2C(=O)N1Cc1ccc(C=C[C@H](c2cc(Cl)c(Cl)c(Cl)c2)C(F)(F)F)c2ccccc12. The molecule has 0 aliphatic carbocycles. The lowest BCUT2D eigenvalue weighted by molar-refractivity contribution is -0.139. The maximum absolute atomic E-state index is 14.0. The van der Waals surface area contributed by atoms with Gasteiger partial charge in [0.1, 0.15) is 0 Å². The molecule has 0 N–H and O–H groups in total. The molecule has 0 saturated carbocycles. The number of carbonyl (C=O) groups excluding carboxylic acids is 2. The second kappa shape index (κ2) is 10.1. The van der Waals surface area contributed by atoms with Crippen molar-refractivity contribution in [2.45, 2.75) is 18.6 Å². The zero-order valence-corrected chi connectivity index (χ0v) is 21.7. The summed E-state index contributed by atoms with van der Waals surface area (Å²) >= 11 is 17.9. The first-order chi connectivity index (χ1) is 18.1. The normalized spacial score (nSPS) is 14.5. The molecule has 4 aromatic carbocycles. The average molecular weight is 575 g/mol. The minimum Gasteiger partial charge on any atom is -0.270 e. The standard InChI is InChI=1S/C29H17Cl3F3NO2/c30-24-13-18(14-25(31)26(24)32)23(29(33,34)35)12-11-16-9-10-17(20-6-2-1-5-19(16)20)15-36-27(37)21-7-3-4-8-22(21)28(36)38/h1-14,23H,15H2/t23-/m1/s1. The Labute approximate surface area is 231 Å². The first-order valence-electron chi connectivity index (χ1n) is 11.4. The Morgan fingerprint density at radius 2 is 1.34 bits per heavy atom. The van der Waals surface area contributed by atoms with Crippen LogP contribution in [0.5, 0.6) is 0 Å². The number of alkyl halides is 3. The molecule has 1 atom stereocenters. The number of nitrogens with zero attached hydrogens (tertiary/aromatic N) is 1. The Morgan fingerprint density at radius 1 is 0.789 bits per heavy atom. The van der Waals surface area contributed by atoms with Gasteiger partial charge in [0.05, 0.1) is 38.7 Å². The number of benzene rings is 4. The van der Waals surface area contributed by atoms with E-state index in [0.717, 1.165) is 18.2 Å². The van der Waals surface area contributed by atoms with Crippen LogP contribution in [-0.4, -0.2) is 22.9 Å². The number of hydrogen-bond donors (Lipinski definition) is 0. The minimum atomic E-state index is -4.61. The highest BCUT2D eigenvalue weighted by molar-refractivity contribution is 6.48. The van der Waals surface area contributed by atoms with Crippen LogP contribution in [0.25, 0.3) is 16.8 Å². The molecule has 192 valence electrons. The summed E-state index contributed by atoms with van der Waals surface area (Å²) in [7, 11) is 0. The second-order valence-electron chi connectivity index (χ2n) is 8.78. The number of imide groups is 1. The molecule has 1 aliphatic heterocycles. The molecule has 38 heavy (non-hydrogen) atoms. The highest BCUT2D eigenvalue weighted by Crippen LogP contribution is 2.41. The van der Waals surface area contributed by atoms with Crippen LogP contribution in [0.3, 0.4) is 0 Å². The Morgan fingerprint density at radius 3 is 1.92 bits per heavy atom. The lowest BCUT2D eigenvalue weighted by atomic mass is 9.94. The number of amides is 2. The summed E-state index contributed by atoms with van der Waals surface area (Å²) in [4.78, 5) is 26.9. The number of halogens is 6. The molecule has 0 unspecified atom stereocenters. The van der Waals surface area contributed by atoms with Crippen LogP contribution in [0, 0.1) is 0 Å². The van der Waals surface area contributed by atoms with Gasteiger partial charge in [-0.25, -0.2) is 0 Å². The van der Waals surface area contributed by atoms with E-state index in [1.807, 2.05) is 0 Å². The van der Waals surface area contributed by atoms with Gasteiger partial charge in [0.15, 0.2) is 0 Å². The van der Waals surface area contributed by atoms with Gasteiger partial charge in [-0.1, -0.05) is 95.5 Å². The van der Waals surface area contributed by atoms with Crippen molar-refractivity contribution < 1.29 is 22.8 Å². The first kappa shape index (κ1) is 26.3. The quantitative estimate of drug-likeness (QED) is 0.176. The fourth-order valence-corrected chi connectivity index (χ4v) is 5.20. The lowest BCUT2D eigenvalue weighted by Gasteiger charge is -2.19. The number of fused-ring (bicyclic) bond motifs is 2. The minimum absolute atomic E-state index is 0.0124. The maximum atomic E-state index is 14.0. The average Bonchev–Trinajstić information content (AvgIpc) is 3.12. The summed E-state index contributed by atoms with van der Waals surface area (Å²) in [5, 5.41) is 1.24. The van der Waals surface area contributed by atoms with E-state index in [1.165, 1.54) is 11.0 Å². The fourth-order valence-electron chi connectivity index (χ4n) is 4.58. The van der Waals surface area contributed by atoms with E-state index in [0.29, 0.717) is 33.0 Å². The van der Waals surface area contributed by atoms with Crippen LogP contribution in [0.1, 0.15) is 43.3 Å². The van der Waals surface area contributed by atoms with Gasteiger partial charge in [0.2, 0.25) is 0 Å². The van der Waals surface area contributed by atoms with Crippen molar-refractivity contribution in [3.63, 3.8) is 0 Å².